The Morgan fingerprint density at radius 2 is 1.38 bits per heavy atom. The number of hydrogen-bond acceptors (Lipinski definition) is 4. The summed E-state index contributed by atoms with van der Waals surface area (Å²) in [6, 6.07) is 6.49. The molecule has 128 valence electrons. The van der Waals surface area contributed by atoms with Crippen molar-refractivity contribution in [1.29, 1.82) is 0 Å². The second-order valence-corrected chi connectivity index (χ2v) is 5.75. The summed E-state index contributed by atoms with van der Waals surface area (Å²) < 4.78 is 0. The fourth-order valence-electron chi connectivity index (χ4n) is 2.46. The number of nitrogens with one attached hydrogen (secondary N) is 3. The van der Waals surface area contributed by atoms with Crippen LogP contribution >= 0.6 is 0 Å². The molecule has 7 heteroatoms. The summed E-state index contributed by atoms with van der Waals surface area (Å²) in [6.07, 6.45) is 6.24. The quantitative estimate of drug-likeness (QED) is 0.451. The second-order valence-electron chi connectivity index (χ2n) is 5.75. The monoisotopic (exact) mass is 330 g/mol. The van der Waals surface area contributed by atoms with Crippen LogP contribution in [-0.2, 0) is 14.4 Å². The molecule has 1 aromatic rings. The van der Waals surface area contributed by atoms with Crippen molar-refractivity contribution in [3.63, 3.8) is 0 Å². The molecule has 0 unspecified atom stereocenters. The number of benzene rings is 1. The lowest BCUT2D eigenvalue weighted by Crippen LogP contribution is -2.33. The summed E-state index contributed by atoms with van der Waals surface area (Å²) in [4.78, 5) is 34.6. The molecule has 0 bridgehead atoms. The van der Waals surface area contributed by atoms with Crippen LogP contribution in [0.1, 0.15) is 45.4 Å². The van der Waals surface area contributed by atoms with E-state index < -0.39 is 11.8 Å². The third kappa shape index (κ3) is 5.83. The van der Waals surface area contributed by atoms with Crippen molar-refractivity contribution < 1.29 is 14.4 Å². The summed E-state index contributed by atoms with van der Waals surface area (Å²) in [5, 5.41) is 9.17. The largest absolute Gasteiger partial charge is 0.329 e. The first-order chi connectivity index (χ1) is 11.5. The molecule has 1 aliphatic rings. The van der Waals surface area contributed by atoms with Crippen molar-refractivity contribution >= 4 is 34.8 Å². The zero-order valence-electron chi connectivity index (χ0n) is 13.7. The predicted octanol–water partition coefficient (Wildman–Crippen LogP) is 2.41. The maximum Gasteiger partial charge on any atom is 0.329 e. The minimum atomic E-state index is -0.794. The van der Waals surface area contributed by atoms with Crippen molar-refractivity contribution in [3.05, 3.63) is 24.3 Å². The van der Waals surface area contributed by atoms with Crippen LogP contribution in [0.25, 0.3) is 0 Å². The van der Waals surface area contributed by atoms with E-state index in [0.29, 0.717) is 11.4 Å². The predicted molar refractivity (Wildman–Crippen MR) is 92.7 cm³/mol. The summed E-state index contributed by atoms with van der Waals surface area (Å²) in [6.45, 7) is 1.41. The van der Waals surface area contributed by atoms with Crippen LogP contribution in [-0.4, -0.2) is 23.4 Å². The Hall–Kier alpha value is -2.70. The Bertz CT molecular complexity index is 628. The molecule has 1 saturated carbocycles. The van der Waals surface area contributed by atoms with Crippen LogP contribution in [0.4, 0.5) is 11.4 Å². The molecule has 0 aromatic heterocycles. The third-order valence-electron chi connectivity index (χ3n) is 3.67. The van der Waals surface area contributed by atoms with Crippen molar-refractivity contribution in [3.8, 4) is 0 Å². The standard InChI is InChI=1S/C17H22N4O3/c1-12(22)18-13-8-10-14(11-9-13)19-16(23)17(24)21-20-15-6-4-2-3-5-7-15/h8-11H,2-7H2,1H3,(H,18,22)(H,19,23)(H,21,24). The number of carbonyl (C=O) groups is 3. The van der Waals surface area contributed by atoms with E-state index in [1.807, 2.05) is 0 Å². The van der Waals surface area contributed by atoms with E-state index in [1.54, 1.807) is 24.3 Å². The first-order valence-corrected chi connectivity index (χ1v) is 8.09. The zero-order chi connectivity index (χ0) is 17.4. The Labute approximate surface area is 140 Å². The molecule has 1 aliphatic carbocycles. The van der Waals surface area contributed by atoms with E-state index in [4.69, 9.17) is 0 Å². The van der Waals surface area contributed by atoms with Gasteiger partial charge in [0.1, 0.15) is 0 Å². The van der Waals surface area contributed by atoms with Crippen LogP contribution in [0.2, 0.25) is 0 Å². The second kappa shape index (κ2) is 8.81. The van der Waals surface area contributed by atoms with E-state index >= 15 is 0 Å². The average molecular weight is 330 g/mol. The number of carbonyl (C=O) groups excluding carboxylic acids is 3. The van der Waals surface area contributed by atoms with Gasteiger partial charge in [0.2, 0.25) is 5.91 Å². The average Bonchev–Trinajstić information content (AvgIpc) is 2.82. The summed E-state index contributed by atoms with van der Waals surface area (Å²) in [7, 11) is 0. The van der Waals surface area contributed by atoms with Crippen molar-refractivity contribution in [2.45, 2.75) is 45.4 Å². The number of rotatable bonds is 3. The molecule has 0 radical (unpaired) electrons. The molecule has 2 rings (SSSR count). The molecule has 7 nitrogen and oxygen atoms in total. The molecular weight excluding hydrogens is 308 g/mol. The van der Waals surface area contributed by atoms with Gasteiger partial charge < -0.3 is 10.6 Å². The van der Waals surface area contributed by atoms with Crippen LogP contribution < -0.4 is 16.1 Å². The normalized spacial score (nSPS) is 14.3. The molecular formula is C17H22N4O3. The Morgan fingerprint density at radius 3 is 1.92 bits per heavy atom. The van der Waals surface area contributed by atoms with Gasteiger partial charge in [-0.1, -0.05) is 12.8 Å². The van der Waals surface area contributed by atoms with Gasteiger partial charge in [0.25, 0.3) is 0 Å². The Kier molecular flexibility index (Phi) is 6.48. The van der Waals surface area contributed by atoms with Crippen molar-refractivity contribution in [2.75, 3.05) is 10.6 Å². The fraction of sp³-hybridized carbons (Fsp3) is 0.412. The lowest BCUT2D eigenvalue weighted by atomic mass is 10.2. The number of hydrazone groups is 1. The number of amides is 3. The molecule has 0 aliphatic heterocycles. The number of nitrogens with zero attached hydrogens (tertiary/aromatic N) is 1. The topological polar surface area (TPSA) is 99.7 Å². The lowest BCUT2D eigenvalue weighted by Gasteiger charge is -2.07. The van der Waals surface area contributed by atoms with Gasteiger partial charge in [0, 0.05) is 24.0 Å². The van der Waals surface area contributed by atoms with Crippen LogP contribution in [0, 0.1) is 0 Å². The minimum absolute atomic E-state index is 0.177. The molecule has 3 amide bonds. The first kappa shape index (κ1) is 17.7. The van der Waals surface area contributed by atoms with Gasteiger partial charge in [-0.15, -0.1) is 0 Å². The minimum Gasteiger partial charge on any atom is -0.326 e. The van der Waals surface area contributed by atoms with Crippen LogP contribution in [0.15, 0.2) is 29.4 Å². The highest BCUT2D eigenvalue weighted by Gasteiger charge is 2.14. The third-order valence-corrected chi connectivity index (χ3v) is 3.67. The molecule has 1 aromatic carbocycles. The maximum absolute atomic E-state index is 11.9. The van der Waals surface area contributed by atoms with Crippen molar-refractivity contribution in [1.82, 2.24) is 5.43 Å². The van der Waals surface area contributed by atoms with Crippen molar-refractivity contribution in [2.24, 2.45) is 5.10 Å². The van der Waals surface area contributed by atoms with Gasteiger partial charge in [-0.3, -0.25) is 14.4 Å². The van der Waals surface area contributed by atoms with Gasteiger partial charge in [-0.25, -0.2) is 5.43 Å². The summed E-state index contributed by atoms with van der Waals surface area (Å²) in [5.41, 5.74) is 4.34. The molecule has 0 atom stereocenters. The van der Waals surface area contributed by atoms with Crippen LogP contribution in [0.3, 0.4) is 0 Å². The van der Waals surface area contributed by atoms with Gasteiger partial charge in [-0.05, 0) is 49.9 Å². The fourth-order valence-corrected chi connectivity index (χ4v) is 2.46. The molecule has 3 N–H and O–H groups in total. The summed E-state index contributed by atoms with van der Waals surface area (Å²) >= 11 is 0. The van der Waals surface area contributed by atoms with Gasteiger partial charge in [-0.2, -0.15) is 5.10 Å². The molecule has 0 saturated heterocycles. The van der Waals surface area contributed by atoms with E-state index in [9.17, 15) is 14.4 Å². The van der Waals surface area contributed by atoms with E-state index in [0.717, 1.165) is 31.4 Å². The highest BCUT2D eigenvalue weighted by molar-refractivity contribution is 6.39. The molecule has 1 fully saturated rings. The van der Waals surface area contributed by atoms with Gasteiger partial charge in [0.05, 0.1) is 0 Å². The number of anilines is 2. The van der Waals surface area contributed by atoms with E-state index in [1.165, 1.54) is 19.8 Å². The first-order valence-electron chi connectivity index (χ1n) is 8.09. The Balaban J connectivity index is 1.85. The van der Waals surface area contributed by atoms with E-state index in [-0.39, 0.29) is 5.91 Å². The maximum atomic E-state index is 11.9. The Morgan fingerprint density at radius 1 is 0.833 bits per heavy atom. The SMILES string of the molecule is CC(=O)Nc1ccc(NC(=O)C(=O)NN=C2CCCCCC2)cc1. The van der Waals surface area contributed by atoms with E-state index in [2.05, 4.69) is 21.2 Å². The summed E-state index contributed by atoms with van der Waals surface area (Å²) in [5.74, 6) is -1.75. The zero-order valence-corrected chi connectivity index (χ0v) is 13.7. The highest BCUT2D eigenvalue weighted by Crippen LogP contribution is 2.15. The molecule has 24 heavy (non-hydrogen) atoms. The van der Waals surface area contributed by atoms with Gasteiger partial charge in [0.15, 0.2) is 0 Å². The smallest absolute Gasteiger partial charge is 0.326 e. The highest BCUT2D eigenvalue weighted by atomic mass is 16.2. The lowest BCUT2D eigenvalue weighted by molar-refractivity contribution is -0.136. The van der Waals surface area contributed by atoms with Crippen LogP contribution in [0.5, 0.6) is 0 Å². The molecule has 0 spiro atoms. The number of hydrogen-bond donors (Lipinski definition) is 3. The molecule has 0 heterocycles. The van der Waals surface area contributed by atoms with Gasteiger partial charge >= 0.3 is 11.8 Å².